The zero-order valence-electron chi connectivity index (χ0n) is 14.2. The summed E-state index contributed by atoms with van der Waals surface area (Å²) in [6.07, 6.45) is 0. The van der Waals surface area contributed by atoms with Gasteiger partial charge in [-0.15, -0.1) is 0 Å². The van der Waals surface area contributed by atoms with Crippen molar-refractivity contribution in [3.8, 4) is 0 Å². The number of rotatable bonds is 6. The normalized spacial score (nSPS) is 13.0. The summed E-state index contributed by atoms with van der Waals surface area (Å²) in [5.74, 6) is 0.254. The van der Waals surface area contributed by atoms with Crippen molar-refractivity contribution in [3.63, 3.8) is 0 Å². The molecule has 0 aliphatic rings. The molecule has 2 nitrogen and oxygen atoms in total. The van der Waals surface area contributed by atoms with Gasteiger partial charge in [-0.3, -0.25) is 0 Å². The summed E-state index contributed by atoms with van der Waals surface area (Å²) in [4.78, 5) is 10.7. The van der Waals surface area contributed by atoms with Crippen molar-refractivity contribution in [2.75, 3.05) is 6.61 Å². The number of allylic oxidation sites excluding steroid dienone is 2. The molecule has 0 saturated heterocycles. The Balaban J connectivity index is 2.86. The summed E-state index contributed by atoms with van der Waals surface area (Å²) in [7, 11) is 0. The Hall–Kier alpha value is -1.38. The Labute approximate surface area is 129 Å². The first kappa shape index (κ1) is 17.7. The van der Waals surface area contributed by atoms with E-state index in [1.54, 1.807) is 0 Å². The van der Waals surface area contributed by atoms with Gasteiger partial charge in [-0.1, -0.05) is 49.4 Å². The van der Waals surface area contributed by atoms with Crippen LogP contribution in [-0.4, -0.2) is 12.2 Å². The van der Waals surface area contributed by atoms with Crippen LogP contribution in [0.25, 0.3) is 11.1 Å². The maximum atomic E-state index is 5.35. The van der Waals surface area contributed by atoms with Gasteiger partial charge < -0.3 is 0 Å². The van der Waals surface area contributed by atoms with Crippen LogP contribution < -0.4 is 0 Å². The van der Waals surface area contributed by atoms with Crippen LogP contribution in [0.15, 0.2) is 31.4 Å². The van der Waals surface area contributed by atoms with E-state index in [4.69, 9.17) is 9.78 Å². The smallest absolute Gasteiger partial charge is 0.0952 e. The lowest BCUT2D eigenvalue weighted by Gasteiger charge is -2.20. The molecule has 1 rings (SSSR count). The lowest BCUT2D eigenvalue weighted by Crippen LogP contribution is -2.20. The lowest BCUT2D eigenvalue weighted by molar-refractivity contribution is -0.350. The molecule has 0 aliphatic heterocycles. The van der Waals surface area contributed by atoms with Crippen molar-refractivity contribution in [1.82, 2.24) is 0 Å². The van der Waals surface area contributed by atoms with Gasteiger partial charge in [0.2, 0.25) is 0 Å². The van der Waals surface area contributed by atoms with Gasteiger partial charge in [0, 0.05) is 5.92 Å². The van der Waals surface area contributed by atoms with Crippen LogP contribution in [-0.2, 0) is 9.78 Å². The summed E-state index contributed by atoms with van der Waals surface area (Å²) in [6, 6.07) is 6.42. The predicted octanol–water partition coefficient (Wildman–Crippen LogP) is 5.60. The predicted molar refractivity (Wildman–Crippen MR) is 91.1 cm³/mol. The van der Waals surface area contributed by atoms with Gasteiger partial charge >= 0.3 is 0 Å². The summed E-state index contributed by atoms with van der Waals surface area (Å²) >= 11 is 0. The molecule has 1 aromatic carbocycles. The minimum Gasteiger partial charge on any atom is -0.236 e. The quantitative estimate of drug-likeness (QED) is 0.501. The molecule has 1 aromatic rings. The molecule has 2 heteroatoms. The molecule has 1 atom stereocenters. The first-order valence-corrected chi connectivity index (χ1v) is 7.38. The zero-order chi connectivity index (χ0) is 16.2. The largest absolute Gasteiger partial charge is 0.236 e. The second-order valence-corrected chi connectivity index (χ2v) is 6.75. The summed E-state index contributed by atoms with van der Waals surface area (Å²) in [6.45, 7) is 20.7. The zero-order valence-corrected chi connectivity index (χ0v) is 14.2. The molecule has 116 valence electrons. The van der Waals surface area contributed by atoms with E-state index >= 15 is 0 Å². The second-order valence-electron chi connectivity index (χ2n) is 6.75. The minimum absolute atomic E-state index is 0.254. The van der Waals surface area contributed by atoms with E-state index in [1.165, 1.54) is 5.56 Å². The standard InChI is InChI=1S/C19H28O2/c1-13(2)17-10-9-16(11-18(17)14(3)4)15(5)12-20-21-19(6,7)8/h9-11,15H,1,3,12H2,2,4-8H3. The average Bonchev–Trinajstić information content (AvgIpc) is 2.36. The minimum atomic E-state index is -0.285. The summed E-state index contributed by atoms with van der Waals surface area (Å²) in [5.41, 5.74) is 5.35. The molecule has 0 fully saturated rings. The van der Waals surface area contributed by atoms with Crippen LogP contribution in [0.3, 0.4) is 0 Å². The third kappa shape index (κ3) is 5.49. The molecule has 21 heavy (non-hydrogen) atoms. The fourth-order valence-corrected chi connectivity index (χ4v) is 2.00. The SMILES string of the molecule is C=C(C)c1ccc(C(C)COOC(C)(C)C)cc1C(=C)C. The molecular weight excluding hydrogens is 260 g/mol. The van der Waals surface area contributed by atoms with Gasteiger partial charge in [-0.2, -0.15) is 0 Å². The maximum Gasteiger partial charge on any atom is 0.0952 e. The Morgan fingerprint density at radius 1 is 1.10 bits per heavy atom. The highest BCUT2D eigenvalue weighted by molar-refractivity contribution is 5.77. The van der Waals surface area contributed by atoms with Crippen molar-refractivity contribution in [2.45, 2.75) is 53.1 Å². The highest BCUT2D eigenvalue weighted by atomic mass is 17.2. The molecule has 0 spiro atoms. The van der Waals surface area contributed by atoms with Gasteiger partial charge in [0.1, 0.15) is 0 Å². The van der Waals surface area contributed by atoms with Crippen molar-refractivity contribution in [2.24, 2.45) is 0 Å². The van der Waals surface area contributed by atoms with E-state index in [2.05, 4.69) is 38.3 Å². The van der Waals surface area contributed by atoms with Crippen LogP contribution in [0.2, 0.25) is 0 Å². The topological polar surface area (TPSA) is 18.5 Å². The van der Waals surface area contributed by atoms with Crippen molar-refractivity contribution in [3.05, 3.63) is 48.0 Å². The molecule has 0 heterocycles. The summed E-state index contributed by atoms with van der Waals surface area (Å²) < 4.78 is 0. The molecular formula is C19H28O2. The fraction of sp³-hybridized carbons (Fsp3) is 0.474. The van der Waals surface area contributed by atoms with Crippen LogP contribution in [0.5, 0.6) is 0 Å². The Morgan fingerprint density at radius 3 is 2.14 bits per heavy atom. The van der Waals surface area contributed by atoms with E-state index in [0.717, 1.165) is 22.3 Å². The van der Waals surface area contributed by atoms with E-state index in [0.29, 0.717) is 6.61 Å². The van der Waals surface area contributed by atoms with Gasteiger partial charge in [-0.25, -0.2) is 9.78 Å². The van der Waals surface area contributed by atoms with Crippen LogP contribution >= 0.6 is 0 Å². The fourth-order valence-electron chi connectivity index (χ4n) is 2.00. The molecule has 0 aliphatic carbocycles. The van der Waals surface area contributed by atoms with Crippen LogP contribution in [0.1, 0.15) is 64.2 Å². The highest BCUT2D eigenvalue weighted by Crippen LogP contribution is 2.28. The number of hydrogen-bond acceptors (Lipinski definition) is 2. The number of hydrogen-bond donors (Lipinski definition) is 0. The van der Waals surface area contributed by atoms with Crippen molar-refractivity contribution in [1.29, 1.82) is 0 Å². The van der Waals surface area contributed by atoms with Gasteiger partial charge in [0.15, 0.2) is 0 Å². The van der Waals surface area contributed by atoms with Gasteiger partial charge in [0.25, 0.3) is 0 Å². The Kier molecular flexibility index (Phi) is 5.94. The molecule has 0 amide bonds. The molecule has 0 bridgehead atoms. The van der Waals surface area contributed by atoms with Crippen molar-refractivity contribution >= 4 is 11.1 Å². The summed E-state index contributed by atoms with van der Waals surface area (Å²) in [5, 5.41) is 0. The molecule has 0 radical (unpaired) electrons. The third-order valence-corrected chi connectivity index (χ3v) is 3.16. The molecule has 0 N–H and O–H groups in total. The van der Waals surface area contributed by atoms with Crippen molar-refractivity contribution < 1.29 is 9.78 Å². The third-order valence-electron chi connectivity index (χ3n) is 3.16. The number of benzene rings is 1. The van der Waals surface area contributed by atoms with E-state index in [-0.39, 0.29) is 11.5 Å². The van der Waals surface area contributed by atoms with Gasteiger partial charge in [-0.05, 0) is 51.3 Å². The first-order valence-electron chi connectivity index (χ1n) is 7.38. The van der Waals surface area contributed by atoms with E-state index < -0.39 is 0 Å². The lowest BCUT2D eigenvalue weighted by atomic mass is 9.91. The van der Waals surface area contributed by atoms with Crippen LogP contribution in [0.4, 0.5) is 0 Å². The Bertz CT molecular complexity index is 521. The second kappa shape index (κ2) is 7.06. The average molecular weight is 288 g/mol. The monoisotopic (exact) mass is 288 g/mol. The van der Waals surface area contributed by atoms with Gasteiger partial charge in [0.05, 0.1) is 12.2 Å². The van der Waals surface area contributed by atoms with Crippen LogP contribution in [0, 0.1) is 0 Å². The molecule has 0 aromatic heterocycles. The first-order chi connectivity index (χ1) is 9.61. The molecule has 0 saturated carbocycles. The maximum absolute atomic E-state index is 5.35. The highest BCUT2D eigenvalue weighted by Gasteiger charge is 2.14. The van der Waals surface area contributed by atoms with E-state index in [9.17, 15) is 0 Å². The van der Waals surface area contributed by atoms with E-state index in [1.807, 2.05) is 34.6 Å². The Morgan fingerprint density at radius 2 is 1.67 bits per heavy atom. The molecule has 1 unspecified atom stereocenters.